The normalized spacial score (nSPS) is 11.7. The zero-order valence-electron chi connectivity index (χ0n) is 12.8. The molecule has 0 aliphatic rings. The van der Waals surface area contributed by atoms with E-state index in [1.165, 1.54) is 5.56 Å². The summed E-state index contributed by atoms with van der Waals surface area (Å²) in [6, 6.07) is 8.55. The number of hydrogen-bond acceptors (Lipinski definition) is 2. The van der Waals surface area contributed by atoms with Crippen molar-refractivity contribution in [2.45, 2.75) is 39.7 Å². The molecule has 2 aromatic rings. The SMILES string of the molecule is Cc1nn(C)c(CNc2ccc(C(C)(C)C)cc2)c1Cl. The predicted molar refractivity (Wildman–Crippen MR) is 85.4 cm³/mol. The van der Waals surface area contributed by atoms with Crippen molar-refractivity contribution in [3.8, 4) is 0 Å². The molecule has 1 aromatic carbocycles. The Kier molecular flexibility index (Phi) is 4.09. The van der Waals surface area contributed by atoms with Crippen molar-refractivity contribution in [3.63, 3.8) is 0 Å². The van der Waals surface area contributed by atoms with Crippen molar-refractivity contribution >= 4 is 17.3 Å². The standard InChI is InChI=1S/C16H22ClN3/c1-11-15(17)14(20(5)19-11)10-18-13-8-6-12(7-9-13)16(2,3)4/h6-9,18H,10H2,1-5H3. The number of aryl methyl sites for hydroxylation is 2. The second kappa shape index (κ2) is 5.49. The molecule has 0 aliphatic heterocycles. The van der Waals surface area contributed by atoms with Gasteiger partial charge in [0.25, 0.3) is 0 Å². The molecule has 0 aliphatic carbocycles. The van der Waals surface area contributed by atoms with Crippen LogP contribution < -0.4 is 5.32 Å². The van der Waals surface area contributed by atoms with Gasteiger partial charge in [-0.25, -0.2) is 0 Å². The molecule has 0 spiro atoms. The fourth-order valence-corrected chi connectivity index (χ4v) is 2.37. The van der Waals surface area contributed by atoms with Gasteiger partial charge in [-0.1, -0.05) is 44.5 Å². The molecular formula is C16H22ClN3. The van der Waals surface area contributed by atoms with E-state index in [2.05, 4.69) is 55.5 Å². The van der Waals surface area contributed by atoms with E-state index in [4.69, 9.17) is 11.6 Å². The Bertz CT molecular complexity index is 591. The van der Waals surface area contributed by atoms with Gasteiger partial charge in [-0.05, 0) is 30.0 Å². The number of rotatable bonds is 3. The van der Waals surface area contributed by atoms with E-state index in [1.807, 2.05) is 18.7 Å². The summed E-state index contributed by atoms with van der Waals surface area (Å²) in [6.07, 6.45) is 0. The number of anilines is 1. The Morgan fingerprint density at radius 2 is 1.80 bits per heavy atom. The van der Waals surface area contributed by atoms with E-state index >= 15 is 0 Å². The maximum atomic E-state index is 6.24. The lowest BCUT2D eigenvalue weighted by Gasteiger charge is -2.19. The maximum absolute atomic E-state index is 6.24. The predicted octanol–water partition coefficient (Wildman–Crippen LogP) is 4.29. The highest BCUT2D eigenvalue weighted by Crippen LogP contribution is 2.24. The number of benzene rings is 1. The molecule has 1 N–H and O–H groups in total. The lowest BCUT2D eigenvalue weighted by molar-refractivity contribution is 0.590. The van der Waals surface area contributed by atoms with Crippen LogP contribution >= 0.6 is 11.6 Å². The second-order valence-corrected chi connectivity index (χ2v) is 6.53. The molecule has 0 bridgehead atoms. The Morgan fingerprint density at radius 1 is 1.20 bits per heavy atom. The number of nitrogens with zero attached hydrogens (tertiary/aromatic N) is 2. The van der Waals surface area contributed by atoms with Gasteiger partial charge in [0.05, 0.1) is 23.0 Å². The lowest BCUT2D eigenvalue weighted by Crippen LogP contribution is -2.11. The average molecular weight is 292 g/mol. The Labute approximate surface area is 126 Å². The molecule has 4 heteroatoms. The Balaban J connectivity index is 2.08. The smallest absolute Gasteiger partial charge is 0.0865 e. The zero-order valence-corrected chi connectivity index (χ0v) is 13.5. The summed E-state index contributed by atoms with van der Waals surface area (Å²) in [5.41, 5.74) is 4.48. The fourth-order valence-electron chi connectivity index (χ4n) is 2.15. The molecule has 20 heavy (non-hydrogen) atoms. The summed E-state index contributed by atoms with van der Waals surface area (Å²) in [4.78, 5) is 0. The van der Waals surface area contributed by atoms with Crippen LogP contribution in [0.25, 0.3) is 0 Å². The third kappa shape index (κ3) is 3.15. The number of halogens is 1. The Hall–Kier alpha value is -1.48. The minimum Gasteiger partial charge on any atom is -0.379 e. The zero-order chi connectivity index (χ0) is 14.9. The van der Waals surface area contributed by atoms with Crippen LogP contribution in [-0.2, 0) is 19.0 Å². The molecule has 0 saturated heterocycles. The second-order valence-electron chi connectivity index (χ2n) is 6.15. The maximum Gasteiger partial charge on any atom is 0.0865 e. The van der Waals surface area contributed by atoms with Gasteiger partial charge in [-0.3, -0.25) is 4.68 Å². The Morgan fingerprint density at radius 3 is 2.25 bits per heavy atom. The molecule has 2 rings (SSSR count). The average Bonchev–Trinajstić information content (AvgIpc) is 2.61. The molecule has 1 aromatic heterocycles. The molecule has 3 nitrogen and oxygen atoms in total. The monoisotopic (exact) mass is 291 g/mol. The fraction of sp³-hybridized carbons (Fsp3) is 0.438. The van der Waals surface area contributed by atoms with Crippen molar-refractivity contribution < 1.29 is 0 Å². The van der Waals surface area contributed by atoms with E-state index in [0.29, 0.717) is 6.54 Å². The van der Waals surface area contributed by atoms with E-state index in [1.54, 1.807) is 0 Å². The summed E-state index contributed by atoms with van der Waals surface area (Å²) in [5.74, 6) is 0. The molecule has 0 radical (unpaired) electrons. The highest BCUT2D eigenvalue weighted by atomic mass is 35.5. The summed E-state index contributed by atoms with van der Waals surface area (Å²) in [6.45, 7) is 9.24. The van der Waals surface area contributed by atoms with Gasteiger partial charge in [0.1, 0.15) is 0 Å². The molecule has 0 atom stereocenters. The molecule has 0 unspecified atom stereocenters. The van der Waals surface area contributed by atoms with Gasteiger partial charge >= 0.3 is 0 Å². The number of nitrogens with one attached hydrogen (secondary N) is 1. The van der Waals surface area contributed by atoms with Crippen LogP contribution in [0.3, 0.4) is 0 Å². The van der Waals surface area contributed by atoms with Gasteiger partial charge < -0.3 is 5.32 Å². The van der Waals surface area contributed by atoms with Crippen LogP contribution in [0.5, 0.6) is 0 Å². The minimum atomic E-state index is 0.182. The van der Waals surface area contributed by atoms with Crippen LogP contribution in [-0.4, -0.2) is 9.78 Å². The number of aromatic nitrogens is 2. The highest BCUT2D eigenvalue weighted by Gasteiger charge is 2.13. The molecule has 0 amide bonds. The van der Waals surface area contributed by atoms with E-state index in [9.17, 15) is 0 Å². The lowest BCUT2D eigenvalue weighted by atomic mass is 9.87. The third-order valence-corrected chi connectivity index (χ3v) is 3.96. The third-order valence-electron chi connectivity index (χ3n) is 3.47. The van der Waals surface area contributed by atoms with Gasteiger partial charge in [0, 0.05) is 12.7 Å². The topological polar surface area (TPSA) is 29.9 Å². The van der Waals surface area contributed by atoms with Crippen molar-refractivity contribution in [2.75, 3.05) is 5.32 Å². The summed E-state index contributed by atoms with van der Waals surface area (Å²) >= 11 is 6.24. The van der Waals surface area contributed by atoms with Crippen molar-refractivity contribution in [1.82, 2.24) is 9.78 Å². The summed E-state index contributed by atoms with van der Waals surface area (Å²) in [7, 11) is 1.92. The van der Waals surface area contributed by atoms with Crippen LogP contribution in [0.1, 0.15) is 37.7 Å². The summed E-state index contributed by atoms with van der Waals surface area (Å²) in [5, 5.41) is 8.45. The first-order chi connectivity index (χ1) is 9.29. The van der Waals surface area contributed by atoms with Crippen LogP contribution in [0.4, 0.5) is 5.69 Å². The van der Waals surface area contributed by atoms with Crippen LogP contribution in [0.2, 0.25) is 5.02 Å². The molecule has 1 heterocycles. The van der Waals surface area contributed by atoms with Crippen LogP contribution in [0.15, 0.2) is 24.3 Å². The largest absolute Gasteiger partial charge is 0.379 e. The minimum absolute atomic E-state index is 0.182. The van der Waals surface area contributed by atoms with Crippen molar-refractivity contribution in [3.05, 3.63) is 46.2 Å². The van der Waals surface area contributed by atoms with Gasteiger partial charge in [0.2, 0.25) is 0 Å². The molecule has 108 valence electrons. The van der Waals surface area contributed by atoms with E-state index in [0.717, 1.165) is 22.1 Å². The van der Waals surface area contributed by atoms with E-state index < -0.39 is 0 Å². The van der Waals surface area contributed by atoms with Crippen LogP contribution in [0, 0.1) is 6.92 Å². The van der Waals surface area contributed by atoms with Gasteiger partial charge in [0.15, 0.2) is 0 Å². The van der Waals surface area contributed by atoms with Crippen molar-refractivity contribution in [2.24, 2.45) is 7.05 Å². The summed E-state index contributed by atoms with van der Waals surface area (Å²) < 4.78 is 1.83. The first kappa shape index (κ1) is 14.9. The van der Waals surface area contributed by atoms with Crippen molar-refractivity contribution in [1.29, 1.82) is 0 Å². The quantitative estimate of drug-likeness (QED) is 0.914. The molecule has 0 saturated carbocycles. The van der Waals surface area contributed by atoms with Gasteiger partial charge in [-0.2, -0.15) is 5.10 Å². The highest BCUT2D eigenvalue weighted by molar-refractivity contribution is 6.31. The first-order valence-electron chi connectivity index (χ1n) is 6.81. The first-order valence-corrected chi connectivity index (χ1v) is 7.19. The van der Waals surface area contributed by atoms with E-state index in [-0.39, 0.29) is 5.41 Å². The number of hydrogen-bond donors (Lipinski definition) is 1. The molecule has 0 fully saturated rings. The van der Waals surface area contributed by atoms with Gasteiger partial charge in [-0.15, -0.1) is 0 Å². The molecular weight excluding hydrogens is 270 g/mol.